The van der Waals surface area contributed by atoms with Gasteiger partial charge in [0.2, 0.25) is 0 Å². The summed E-state index contributed by atoms with van der Waals surface area (Å²) in [5.41, 5.74) is 3.33. The summed E-state index contributed by atoms with van der Waals surface area (Å²) in [6.07, 6.45) is 0.957. The summed E-state index contributed by atoms with van der Waals surface area (Å²) >= 11 is 1.79. The summed E-state index contributed by atoms with van der Waals surface area (Å²) in [5.74, 6) is 0. The van der Waals surface area contributed by atoms with Crippen molar-refractivity contribution in [1.29, 1.82) is 0 Å². The van der Waals surface area contributed by atoms with E-state index in [4.69, 9.17) is 0 Å². The van der Waals surface area contributed by atoms with Crippen LogP contribution in [0.15, 0.2) is 35.7 Å². The first-order valence-electron chi connectivity index (χ1n) is 6.85. The van der Waals surface area contributed by atoms with Crippen molar-refractivity contribution in [2.45, 2.75) is 26.3 Å². The topological polar surface area (TPSA) is 32.3 Å². The summed E-state index contributed by atoms with van der Waals surface area (Å²) in [6.45, 7) is 4.92. The maximum Gasteiger partial charge on any atom is 0.322 e. The van der Waals surface area contributed by atoms with E-state index in [2.05, 4.69) is 23.7 Å². The Morgan fingerprint density at radius 1 is 1.30 bits per heavy atom. The molecule has 1 aromatic heterocycles. The number of rotatable bonds is 1. The van der Waals surface area contributed by atoms with Gasteiger partial charge in [-0.05, 0) is 49.4 Å². The van der Waals surface area contributed by atoms with E-state index in [1.165, 1.54) is 16.0 Å². The molecule has 0 saturated carbocycles. The third-order valence-corrected chi connectivity index (χ3v) is 4.84. The van der Waals surface area contributed by atoms with Gasteiger partial charge in [0.05, 0.1) is 6.04 Å². The van der Waals surface area contributed by atoms with Crippen LogP contribution in [0.4, 0.5) is 10.5 Å². The van der Waals surface area contributed by atoms with Gasteiger partial charge >= 0.3 is 6.03 Å². The number of carbonyl (C=O) groups is 1. The maximum atomic E-state index is 12.4. The Kier molecular flexibility index (Phi) is 3.49. The Morgan fingerprint density at radius 3 is 2.80 bits per heavy atom. The molecule has 0 aliphatic carbocycles. The molecule has 0 spiro atoms. The first kappa shape index (κ1) is 13.2. The minimum Gasteiger partial charge on any atom is -0.317 e. The van der Waals surface area contributed by atoms with Gasteiger partial charge < -0.3 is 10.2 Å². The lowest BCUT2D eigenvalue weighted by molar-refractivity contribution is 0.189. The number of anilines is 1. The van der Waals surface area contributed by atoms with Crippen molar-refractivity contribution in [3.05, 3.63) is 51.7 Å². The number of hydrogen-bond acceptors (Lipinski definition) is 2. The van der Waals surface area contributed by atoms with E-state index in [9.17, 15) is 4.79 Å². The van der Waals surface area contributed by atoms with Crippen molar-refractivity contribution in [3.63, 3.8) is 0 Å². The van der Waals surface area contributed by atoms with Gasteiger partial charge in [0.15, 0.2) is 0 Å². The lowest BCUT2D eigenvalue weighted by Crippen LogP contribution is -2.40. The van der Waals surface area contributed by atoms with E-state index in [0.29, 0.717) is 0 Å². The maximum absolute atomic E-state index is 12.4. The average molecular weight is 286 g/mol. The lowest BCUT2D eigenvalue weighted by atomic mass is 10.0. The highest BCUT2D eigenvalue weighted by molar-refractivity contribution is 7.10. The number of urea groups is 1. The fourth-order valence-corrected chi connectivity index (χ4v) is 3.58. The Labute approximate surface area is 123 Å². The van der Waals surface area contributed by atoms with Crippen LogP contribution in [-0.4, -0.2) is 17.5 Å². The van der Waals surface area contributed by atoms with Crippen LogP contribution in [0.5, 0.6) is 0 Å². The first-order valence-corrected chi connectivity index (χ1v) is 7.73. The van der Waals surface area contributed by atoms with Crippen LogP contribution in [0.2, 0.25) is 0 Å². The zero-order chi connectivity index (χ0) is 14.1. The minimum atomic E-state index is -0.0156. The van der Waals surface area contributed by atoms with Crippen LogP contribution >= 0.6 is 11.3 Å². The van der Waals surface area contributed by atoms with Gasteiger partial charge in [0.1, 0.15) is 0 Å². The normalized spacial score (nSPS) is 17.7. The predicted molar refractivity (Wildman–Crippen MR) is 83.3 cm³/mol. The number of thiophene rings is 1. The van der Waals surface area contributed by atoms with Gasteiger partial charge in [-0.1, -0.05) is 17.7 Å². The third-order valence-electron chi connectivity index (χ3n) is 3.84. The van der Waals surface area contributed by atoms with E-state index < -0.39 is 0 Å². The van der Waals surface area contributed by atoms with Gasteiger partial charge in [-0.15, -0.1) is 11.3 Å². The highest BCUT2D eigenvalue weighted by Crippen LogP contribution is 2.33. The quantitative estimate of drug-likeness (QED) is 0.837. The van der Waals surface area contributed by atoms with Gasteiger partial charge in [0, 0.05) is 17.1 Å². The van der Waals surface area contributed by atoms with Crippen LogP contribution in [0.25, 0.3) is 0 Å². The number of hydrogen-bond donors (Lipinski definition) is 1. The molecule has 1 N–H and O–H groups in total. The summed E-state index contributed by atoms with van der Waals surface area (Å²) in [7, 11) is 0. The molecule has 3 rings (SSSR count). The highest BCUT2D eigenvalue weighted by Gasteiger charge is 2.28. The molecule has 2 aromatic rings. The number of fused-ring (bicyclic) bond motifs is 1. The molecular formula is C16H18N2OS. The summed E-state index contributed by atoms with van der Waals surface area (Å²) < 4.78 is 0. The zero-order valence-electron chi connectivity index (χ0n) is 11.7. The molecule has 20 heavy (non-hydrogen) atoms. The van der Waals surface area contributed by atoms with Gasteiger partial charge in [0.25, 0.3) is 0 Å². The third kappa shape index (κ3) is 2.43. The van der Waals surface area contributed by atoms with E-state index in [0.717, 1.165) is 18.7 Å². The summed E-state index contributed by atoms with van der Waals surface area (Å²) in [6, 6.07) is 10.2. The minimum absolute atomic E-state index is 0.0156. The number of nitrogens with zero attached hydrogens (tertiary/aromatic N) is 1. The van der Waals surface area contributed by atoms with Crippen molar-refractivity contribution >= 4 is 23.1 Å². The Bertz CT molecular complexity index is 618. The Hall–Kier alpha value is -1.81. The molecule has 1 atom stereocenters. The van der Waals surface area contributed by atoms with E-state index in [-0.39, 0.29) is 12.1 Å². The van der Waals surface area contributed by atoms with Gasteiger partial charge in [-0.25, -0.2) is 4.79 Å². The summed E-state index contributed by atoms with van der Waals surface area (Å²) in [4.78, 5) is 15.7. The molecule has 3 nitrogen and oxygen atoms in total. The molecule has 0 bridgehead atoms. The number of nitrogens with one attached hydrogen (secondary N) is 1. The molecule has 2 heterocycles. The van der Waals surface area contributed by atoms with Crippen molar-refractivity contribution < 1.29 is 4.79 Å². The molecular weight excluding hydrogens is 268 g/mol. The van der Waals surface area contributed by atoms with Crippen LogP contribution < -0.4 is 5.32 Å². The van der Waals surface area contributed by atoms with Crippen molar-refractivity contribution in [2.75, 3.05) is 11.9 Å². The molecule has 104 valence electrons. The number of aryl methyl sites for hydroxylation is 1. The van der Waals surface area contributed by atoms with Crippen LogP contribution in [0.1, 0.15) is 29.0 Å². The molecule has 4 heteroatoms. The first-order chi connectivity index (χ1) is 9.65. The van der Waals surface area contributed by atoms with E-state index in [1.807, 2.05) is 36.1 Å². The van der Waals surface area contributed by atoms with Crippen molar-refractivity contribution in [2.24, 2.45) is 0 Å². The number of benzene rings is 1. The molecule has 1 unspecified atom stereocenters. The van der Waals surface area contributed by atoms with E-state index >= 15 is 0 Å². The molecule has 1 aliphatic rings. The monoisotopic (exact) mass is 286 g/mol. The predicted octanol–water partition coefficient (Wildman–Crippen LogP) is 4.21. The molecule has 1 aromatic carbocycles. The standard InChI is InChI=1S/C16H18N2OS/c1-11-3-5-13(6-4-11)17-16(19)18-9-7-15-14(12(18)2)8-10-20-15/h3-6,8,10,12H,7,9H2,1-2H3,(H,17,19). The van der Waals surface area contributed by atoms with Gasteiger partial charge in [-0.3, -0.25) is 0 Å². The molecule has 0 fully saturated rings. The second kappa shape index (κ2) is 5.29. The van der Waals surface area contributed by atoms with Crippen LogP contribution in [-0.2, 0) is 6.42 Å². The van der Waals surface area contributed by atoms with Crippen LogP contribution in [0.3, 0.4) is 0 Å². The van der Waals surface area contributed by atoms with Crippen molar-refractivity contribution in [1.82, 2.24) is 4.90 Å². The molecule has 1 aliphatic heterocycles. The van der Waals surface area contributed by atoms with Crippen LogP contribution in [0, 0.1) is 6.92 Å². The lowest BCUT2D eigenvalue weighted by Gasteiger charge is -2.33. The number of amides is 2. The summed E-state index contributed by atoms with van der Waals surface area (Å²) in [5, 5.41) is 5.10. The Balaban J connectivity index is 1.73. The van der Waals surface area contributed by atoms with Crippen molar-refractivity contribution in [3.8, 4) is 0 Å². The highest BCUT2D eigenvalue weighted by atomic mass is 32.1. The van der Waals surface area contributed by atoms with Gasteiger partial charge in [-0.2, -0.15) is 0 Å². The number of carbonyl (C=O) groups excluding carboxylic acids is 1. The second-order valence-corrected chi connectivity index (χ2v) is 6.22. The molecule has 0 radical (unpaired) electrons. The fourth-order valence-electron chi connectivity index (χ4n) is 2.62. The second-order valence-electron chi connectivity index (χ2n) is 5.21. The molecule has 0 saturated heterocycles. The zero-order valence-corrected chi connectivity index (χ0v) is 12.5. The largest absolute Gasteiger partial charge is 0.322 e. The fraction of sp³-hybridized carbons (Fsp3) is 0.312. The smallest absolute Gasteiger partial charge is 0.317 e. The molecule has 2 amide bonds. The SMILES string of the molecule is Cc1ccc(NC(=O)N2CCc3sccc3C2C)cc1. The average Bonchev–Trinajstić information content (AvgIpc) is 2.91. The Morgan fingerprint density at radius 2 is 2.05 bits per heavy atom. The van der Waals surface area contributed by atoms with E-state index in [1.54, 1.807) is 11.3 Å².